The molecule has 2 aliphatic heterocycles. The van der Waals surface area contributed by atoms with E-state index < -0.39 is 26.0 Å². The fraction of sp³-hybridized carbons (Fsp3) is 0.412. The molecule has 1 spiro atoms. The van der Waals surface area contributed by atoms with Gasteiger partial charge in [-0.3, -0.25) is 9.79 Å². The summed E-state index contributed by atoms with van der Waals surface area (Å²) in [5.74, 6) is -0.554. The van der Waals surface area contributed by atoms with Gasteiger partial charge in [-0.15, -0.1) is 0 Å². The molecule has 3 heterocycles. The number of nitrogens with two attached hydrogens (primary N) is 1. The van der Waals surface area contributed by atoms with Crippen molar-refractivity contribution >= 4 is 39.0 Å². The number of hydrogen-bond donors (Lipinski definition) is 2. The molecule has 0 radical (unpaired) electrons. The van der Waals surface area contributed by atoms with E-state index in [-0.39, 0.29) is 23.9 Å². The molecule has 2 aliphatic rings. The highest BCUT2D eigenvalue weighted by Gasteiger charge is 2.52. The number of fused-ring (bicyclic) bond motifs is 2. The number of amidine groups is 1. The van der Waals surface area contributed by atoms with Gasteiger partial charge in [0.05, 0.1) is 36.9 Å². The summed E-state index contributed by atoms with van der Waals surface area (Å²) >= 11 is 0.943. The molecule has 0 fully saturated rings. The zero-order chi connectivity index (χ0) is 20.2. The second-order valence-corrected chi connectivity index (χ2v) is 10.5. The van der Waals surface area contributed by atoms with Crippen LogP contribution >= 0.6 is 11.7 Å². The van der Waals surface area contributed by atoms with Gasteiger partial charge in [0.2, 0.25) is 0 Å². The van der Waals surface area contributed by atoms with Crippen LogP contribution in [-0.4, -0.2) is 46.0 Å². The minimum absolute atomic E-state index is 0.0539. The molecule has 4 rings (SSSR count). The van der Waals surface area contributed by atoms with E-state index >= 15 is 0 Å². The molecule has 9 nitrogen and oxygen atoms in total. The van der Waals surface area contributed by atoms with Crippen molar-refractivity contribution in [3.8, 4) is 0 Å². The maximum Gasteiger partial charge on any atom is 0.277 e. The predicted octanol–water partition coefficient (Wildman–Crippen LogP) is 1.08. The smallest absolute Gasteiger partial charge is 0.277 e. The van der Waals surface area contributed by atoms with Crippen LogP contribution in [0.4, 0.5) is 5.69 Å². The van der Waals surface area contributed by atoms with Gasteiger partial charge in [0.25, 0.3) is 5.91 Å². The van der Waals surface area contributed by atoms with Crippen molar-refractivity contribution in [2.45, 2.75) is 30.7 Å². The van der Waals surface area contributed by atoms with Gasteiger partial charge in [-0.2, -0.15) is 8.75 Å². The summed E-state index contributed by atoms with van der Waals surface area (Å²) in [7, 11) is -3.57. The Hall–Kier alpha value is -2.37. The Bertz CT molecular complexity index is 1080. The van der Waals surface area contributed by atoms with Gasteiger partial charge in [-0.1, -0.05) is 6.07 Å². The van der Waals surface area contributed by atoms with Crippen LogP contribution in [0.1, 0.15) is 35.5 Å². The van der Waals surface area contributed by atoms with Crippen LogP contribution in [0.15, 0.2) is 29.4 Å². The van der Waals surface area contributed by atoms with Gasteiger partial charge < -0.3 is 15.8 Å². The quantitative estimate of drug-likeness (QED) is 0.740. The lowest BCUT2D eigenvalue weighted by Gasteiger charge is -2.42. The fourth-order valence-corrected chi connectivity index (χ4v) is 5.41. The summed E-state index contributed by atoms with van der Waals surface area (Å²) in [6.45, 7) is 3.54. The molecule has 0 aliphatic carbocycles. The number of anilines is 1. The Morgan fingerprint density at radius 1 is 1.36 bits per heavy atom. The number of hydrogen-bond acceptors (Lipinski definition) is 9. The Kier molecular flexibility index (Phi) is 4.28. The summed E-state index contributed by atoms with van der Waals surface area (Å²) in [5, 5.41) is 2.76. The monoisotopic (exact) mass is 421 g/mol. The number of rotatable bonds is 2. The van der Waals surface area contributed by atoms with E-state index in [1.807, 2.05) is 0 Å². The van der Waals surface area contributed by atoms with Crippen molar-refractivity contribution in [3.05, 3.63) is 41.2 Å². The lowest BCUT2D eigenvalue weighted by atomic mass is 9.86. The summed E-state index contributed by atoms with van der Waals surface area (Å²) in [4.78, 5) is 16.9. The number of carbonyl (C=O) groups excluding carboxylic acids is 1. The average molecular weight is 422 g/mol. The van der Waals surface area contributed by atoms with Gasteiger partial charge >= 0.3 is 0 Å². The third kappa shape index (κ3) is 2.90. The molecular formula is C17H19N5O4S2. The zero-order valence-corrected chi connectivity index (χ0v) is 16.9. The second-order valence-electron chi connectivity index (χ2n) is 7.41. The van der Waals surface area contributed by atoms with Gasteiger partial charge in [0.1, 0.15) is 16.1 Å². The number of amides is 1. The van der Waals surface area contributed by atoms with Crippen molar-refractivity contribution in [2.75, 3.05) is 17.7 Å². The molecule has 0 saturated carbocycles. The normalized spacial score (nSPS) is 25.0. The van der Waals surface area contributed by atoms with Gasteiger partial charge in [-0.05, 0) is 37.1 Å². The minimum atomic E-state index is -3.57. The molecule has 2 aromatic rings. The van der Waals surface area contributed by atoms with E-state index in [0.717, 1.165) is 17.3 Å². The van der Waals surface area contributed by atoms with E-state index in [4.69, 9.17) is 10.5 Å². The lowest BCUT2D eigenvalue weighted by Crippen LogP contribution is -2.57. The third-order valence-electron chi connectivity index (χ3n) is 5.22. The molecule has 0 saturated heterocycles. The molecule has 1 unspecified atom stereocenters. The van der Waals surface area contributed by atoms with E-state index in [1.165, 1.54) is 6.20 Å². The van der Waals surface area contributed by atoms with Gasteiger partial charge in [0, 0.05) is 5.69 Å². The van der Waals surface area contributed by atoms with Crippen LogP contribution in [0, 0.1) is 0 Å². The van der Waals surface area contributed by atoms with Crippen LogP contribution in [-0.2, 0) is 26.7 Å². The molecule has 1 aromatic carbocycles. The van der Waals surface area contributed by atoms with Crippen molar-refractivity contribution in [3.63, 3.8) is 0 Å². The van der Waals surface area contributed by atoms with Crippen molar-refractivity contribution in [2.24, 2.45) is 10.7 Å². The number of carbonyl (C=O) groups is 1. The highest BCUT2D eigenvalue weighted by molar-refractivity contribution is 7.93. The Morgan fingerprint density at radius 2 is 2.14 bits per heavy atom. The first kappa shape index (κ1) is 19.0. The van der Waals surface area contributed by atoms with E-state index in [1.54, 1.807) is 32.0 Å². The van der Waals surface area contributed by atoms with Crippen LogP contribution in [0.5, 0.6) is 0 Å². The number of ether oxygens (including phenoxy) is 1. The van der Waals surface area contributed by atoms with Crippen LogP contribution in [0.25, 0.3) is 0 Å². The first-order valence-electron chi connectivity index (χ1n) is 8.53. The molecule has 1 amide bonds. The molecule has 1 atom stereocenters. The topological polar surface area (TPSA) is 137 Å². The van der Waals surface area contributed by atoms with Gasteiger partial charge in [-0.25, -0.2) is 8.42 Å². The zero-order valence-electron chi connectivity index (χ0n) is 15.3. The van der Waals surface area contributed by atoms with Crippen LogP contribution < -0.4 is 11.1 Å². The van der Waals surface area contributed by atoms with E-state index in [0.29, 0.717) is 17.9 Å². The number of benzene rings is 1. The van der Waals surface area contributed by atoms with Crippen molar-refractivity contribution in [1.82, 2.24) is 8.75 Å². The largest absolute Gasteiger partial charge is 0.386 e. The van der Waals surface area contributed by atoms with E-state index in [2.05, 4.69) is 19.1 Å². The number of aliphatic imine (C=N–C) groups is 1. The number of nitrogens with zero attached hydrogens (tertiary/aromatic N) is 3. The Morgan fingerprint density at radius 3 is 2.82 bits per heavy atom. The minimum Gasteiger partial charge on any atom is -0.386 e. The summed E-state index contributed by atoms with van der Waals surface area (Å²) in [6.07, 6.45) is 1.38. The molecular weight excluding hydrogens is 402 g/mol. The predicted molar refractivity (Wildman–Crippen MR) is 105 cm³/mol. The maximum absolute atomic E-state index is 12.9. The maximum atomic E-state index is 12.9. The second kappa shape index (κ2) is 6.33. The highest BCUT2D eigenvalue weighted by atomic mass is 32.2. The summed E-state index contributed by atoms with van der Waals surface area (Å²) < 4.78 is 38.0. The highest BCUT2D eigenvalue weighted by Crippen LogP contribution is 2.42. The van der Waals surface area contributed by atoms with E-state index in [9.17, 15) is 13.2 Å². The molecule has 148 valence electrons. The van der Waals surface area contributed by atoms with Crippen LogP contribution in [0.3, 0.4) is 0 Å². The molecule has 1 aromatic heterocycles. The standard InChI is InChI=1S/C17H19N5O4S2/c1-16(2)15(18)21-17(9-28(16,24)25)8-26-7-10-3-4-11(5-12(10)17)20-14(23)13-6-19-27-22-13/h3-6H,7-9H2,1-2H3,(H2,18,21)(H,20,23). The number of aromatic nitrogens is 2. The molecule has 28 heavy (non-hydrogen) atoms. The average Bonchev–Trinajstić information content (AvgIpc) is 3.15. The summed E-state index contributed by atoms with van der Waals surface area (Å²) in [6, 6.07) is 5.26. The van der Waals surface area contributed by atoms with Crippen molar-refractivity contribution in [1.29, 1.82) is 0 Å². The van der Waals surface area contributed by atoms with Crippen LogP contribution in [0.2, 0.25) is 0 Å². The Labute approximate surface area is 166 Å². The third-order valence-corrected chi connectivity index (χ3v) is 8.32. The molecule has 11 heteroatoms. The van der Waals surface area contributed by atoms with Crippen molar-refractivity contribution < 1.29 is 17.9 Å². The first-order valence-corrected chi connectivity index (χ1v) is 10.9. The number of sulfone groups is 1. The lowest BCUT2D eigenvalue weighted by molar-refractivity contribution is 0.0610. The fourth-order valence-electron chi connectivity index (χ4n) is 3.34. The first-order chi connectivity index (χ1) is 13.1. The SMILES string of the molecule is CC1(C)C(N)=NC2(COCc3ccc(NC(=O)c4cnsn4)cc32)CS1(=O)=O. The molecule has 3 N–H and O–H groups in total. The summed E-state index contributed by atoms with van der Waals surface area (Å²) in [5.41, 5.74) is 7.16. The molecule has 0 bridgehead atoms. The number of nitrogens with one attached hydrogen (secondary N) is 1. The van der Waals surface area contributed by atoms with Gasteiger partial charge in [0.15, 0.2) is 15.5 Å². The Balaban J connectivity index is 1.77.